The highest BCUT2D eigenvalue weighted by Gasteiger charge is 2.21. The van der Waals surface area contributed by atoms with Crippen molar-refractivity contribution in [2.45, 2.75) is 52.0 Å². The molecule has 0 saturated carbocycles. The van der Waals surface area contributed by atoms with Crippen molar-refractivity contribution in [1.82, 2.24) is 5.32 Å². The molecule has 5 nitrogen and oxygen atoms in total. The summed E-state index contributed by atoms with van der Waals surface area (Å²) in [5.74, 6) is -0.127. The lowest BCUT2D eigenvalue weighted by Crippen LogP contribution is -2.29. The summed E-state index contributed by atoms with van der Waals surface area (Å²) in [6.07, 6.45) is 4.61. The van der Waals surface area contributed by atoms with Gasteiger partial charge in [-0.2, -0.15) is 0 Å². The minimum atomic E-state index is -0.118. The lowest BCUT2D eigenvalue weighted by atomic mass is 10.1. The van der Waals surface area contributed by atoms with Gasteiger partial charge in [-0.05, 0) is 49.9 Å². The second-order valence-corrected chi connectivity index (χ2v) is 7.68. The average Bonchev–Trinajstić information content (AvgIpc) is 3.27. The standard InChI is InChI=1S/C24H31N3O2/c1-3-4-12-23(28)26-20-13-14-22(27-15-8-9-16-27)21(17-20)24(29)25-18(2)19-10-6-5-7-11-19/h5-7,10-11,13-14,17-18H,3-4,8-9,12,15-16H2,1-2H3,(H,25,29)(H,26,28)/t18-/m0/s1. The van der Waals surface area contributed by atoms with Crippen molar-refractivity contribution in [3.63, 3.8) is 0 Å². The summed E-state index contributed by atoms with van der Waals surface area (Å²) in [5, 5.41) is 6.05. The lowest BCUT2D eigenvalue weighted by molar-refractivity contribution is -0.116. The zero-order valence-electron chi connectivity index (χ0n) is 17.4. The van der Waals surface area contributed by atoms with Crippen LogP contribution < -0.4 is 15.5 Å². The molecule has 154 valence electrons. The van der Waals surface area contributed by atoms with E-state index < -0.39 is 0 Å². The van der Waals surface area contributed by atoms with E-state index in [4.69, 9.17) is 0 Å². The number of unbranched alkanes of at least 4 members (excludes halogenated alkanes) is 1. The molecule has 1 fully saturated rings. The van der Waals surface area contributed by atoms with Crippen molar-refractivity contribution in [3.8, 4) is 0 Å². The fourth-order valence-corrected chi connectivity index (χ4v) is 3.69. The molecule has 2 aromatic rings. The van der Waals surface area contributed by atoms with E-state index in [1.165, 1.54) is 0 Å². The molecule has 2 amide bonds. The first-order chi connectivity index (χ1) is 14.1. The van der Waals surface area contributed by atoms with E-state index in [1.54, 1.807) is 0 Å². The van der Waals surface area contributed by atoms with E-state index in [0.29, 0.717) is 17.7 Å². The van der Waals surface area contributed by atoms with Crippen LogP contribution in [-0.2, 0) is 4.79 Å². The van der Waals surface area contributed by atoms with Gasteiger partial charge in [-0.25, -0.2) is 0 Å². The third-order valence-corrected chi connectivity index (χ3v) is 5.38. The van der Waals surface area contributed by atoms with Crippen molar-refractivity contribution in [1.29, 1.82) is 0 Å². The Balaban J connectivity index is 1.81. The smallest absolute Gasteiger partial charge is 0.253 e. The maximum absolute atomic E-state index is 13.2. The summed E-state index contributed by atoms with van der Waals surface area (Å²) in [7, 11) is 0. The van der Waals surface area contributed by atoms with Crippen LogP contribution in [0.1, 0.15) is 67.9 Å². The molecule has 1 aliphatic rings. The molecule has 0 aromatic heterocycles. The van der Waals surface area contributed by atoms with Gasteiger partial charge in [0.05, 0.1) is 11.6 Å². The Morgan fingerprint density at radius 3 is 2.48 bits per heavy atom. The third-order valence-electron chi connectivity index (χ3n) is 5.38. The Morgan fingerprint density at radius 2 is 1.79 bits per heavy atom. The molecule has 0 aliphatic carbocycles. The first-order valence-corrected chi connectivity index (χ1v) is 10.6. The minimum absolute atomic E-state index is 0.00946. The Kier molecular flexibility index (Phi) is 7.28. The van der Waals surface area contributed by atoms with Gasteiger partial charge in [0.15, 0.2) is 0 Å². The van der Waals surface area contributed by atoms with Gasteiger partial charge in [0.2, 0.25) is 5.91 Å². The summed E-state index contributed by atoms with van der Waals surface area (Å²) >= 11 is 0. The van der Waals surface area contributed by atoms with Crippen LogP contribution in [0.3, 0.4) is 0 Å². The molecule has 29 heavy (non-hydrogen) atoms. The molecule has 3 rings (SSSR count). The minimum Gasteiger partial charge on any atom is -0.371 e. The number of hydrogen-bond donors (Lipinski definition) is 2. The Labute approximate surface area is 173 Å². The highest BCUT2D eigenvalue weighted by molar-refractivity contribution is 6.02. The van der Waals surface area contributed by atoms with Gasteiger partial charge in [0.25, 0.3) is 5.91 Å². The zero-order chi connectivity index (χ0) is 20.6. The number of anilines is 2. The van der Waals surface area contributed by atoms with Crippen LogP contribution in [-0.4, -0.2) is 24.9 Å². The number of hydrogen-bond acceptors (Lipinski definition) is 3. The second-order valence-electron chi connectivity index (χ2n) is 7.68. The molecule has 2 N–H and O–H groups in total. The van der Waals surface area contributed by atoms with Gasteiger partial charge in [-0.3, -0.25) is 9.59 Å². The summed E-state index contributed by atoms with van der Waals surface area (Å²) in [5.41, 5.74) is 3.29. The fraction of sp³-hybridized carbons (Fsp3) is 0.417. The number of benzene rings is 2. The molecule has 1 aliphatic heterocycles. The van der Waals surface area contributed by atoms with Crippen molar-refractivity contribution < 1.29 is 9.59 Å². The van der Waals surface area contributed by atoms with E-state index in [2.05, 4.69) is 22.5 Å². The lowest BCUT2D eigenvalue weighted by Gasteiger charge is -2.23. The molecule has 0 bridgehead atoms. The molecule has 0 unspecified atom stereocenters. The average molecular weight is 394 g/mol. The maximum Gasteiger partial charge on any atom is 0.253 e. The molecule has 0 spiro atoms. The highest BCUT2D eigenvalue weighted by atomic mass is 16.2. The Hall–Kier alpha value is -2.82. The number of carbonyl (C=O) groups is 2. The number of amides is 2. The van der Waals surface area contributed by atoms with Crippen LogP contribution in [0.5, 0.6) is 0 Å². The van der Waals surface area contributed by atoms with Crippen molar-refractivity contribution in [2.75, 3.05) is 23.3 Å². The highest BCUT2D eigenvalue weighted by Crippen LogP contribution is 2.28. The van der Waals surface area contributed by atoms with Gasteiger partial charge in [0.1, 0.15) is 0 Å². The molecule has 0 radical (unpaired) electrons. The summed E-state index contributed by atoms with van der Waals surface area (Å²) in [6.45, 7) is 5.96. The number of nitrogens with zero attached hydrogens (tertiary/aromatic N) is 1. The summed E-state index contributed by atoms with van der Waals surface area (Å²) in [6, 6.07) is 15.5. The van der Waals surface area contributed by atoms with E-state index in [0.717, 1.165) is 50.0 Å². The molecule has 1 atom stereocenters. The van der Waals surface area contributed by atoms with E-state index in [9.17, 15) is 9.59 Å². The van der Waals surface area contributed by atoms with Gasteiger partial charge in [0, 0.05) is 30.9 Å². The van der Waals surface area contributed by atoms with Gasteiger partial charge in [-0.1, -0.05) is 43.7 Å². The van der Waals surface area contributed by atoms with Crippen LogP contribution in [0.2, 0.25) is 0 Å². The second kappa shape index (κ2) is 10.1. The fourth-order valence-electron chi connectivity index (χ4n) is 3.69. The van der Waals surface area contributed by atoms with E-state index in [-0.39, 0.29) is 17.9 Å². The van der Waals surface area contributed by atoms with Gasteiger partial charge in [-0.15, -0.1) is 0 Å². The topological polar surface area (TPSA) is 61.4 Å². The van der Waals surface area contributed by atoms with Gasteiger partial charge >= 0.3 is 0 Å². The first-order valence-electron chi connectivity index (χ1n) is 10.6. The quantitative estimate of drug-likeness (QED) is 0.670. The molecule has 2 aromatic carbocycles. The normalized spacial score (nSPS) is 14.5. The van der Waals surface area contributed by atoms with E-state index >= 15 is 0 Å². The van der Waals surface area contributed by atoms with Crippen molar-refractivity contribution in [2.24, 2.45) is 0 Å². The van der Waals surface area contributed by atoms with Crippen LogP contribution in [0.15, 0.2) is 48.5 Å². The number of nitrogens with one attached hydrogen (secondary N) is 2. The predicted molar refractivity (Wildman–Crippen MR) is 118 cm³/mol. The molecule has 1 heterocycles. The largest absolute Gasteiger partial charge is 0.371 e. The zero-order valence-corrected chi connectivity index (χ0v) is 17.4. The molecule has 5 heteroatoms. The number of rotatable bonds is 8. The summed E-state index contributed by atoms with van der Waals surface area (Å²) < 4.78 is 0. The van der Waals surface area contributed by atoms with Crippen LogP contribution >= 0.6 is 0 Å². The van der Waals surface area contributed by atoms with Gasteiger partial charge < -0.3 is 15.5 Å². The number of carbonyl (C=O) groups excluding carboxylic acids is 2. The third kappa shape index (κ3) is 5.59. The Morgan fingerprint density at radius 1 is 1.07 bits per heavy atom. The molecular formula is C24H31N3O2. The van der Waals surface area contributed by atoms with Crippen LogP contribution in [0, 0.1) is 0 Å². The predicted octanol–water partition coefficient (Wildman–Crippen LogP) is 4.91. The van der Waals surface area contributed by atoms with Crippen LogP contribution in [0.25, 0.3) is 0 Å². The van der Waals surface area contributed by atoms with Crippen molar-refractivity contribution in [3.05, 3.63) is 59.7 Å². The monoisotopic (exact) mass is 393 g/mol. The maximum atomic E-state index is 13.2. The van der Waals surface area contributed by atoms with Crippen molar-refractivity contribution >= 4 is 23.2 Å². The summed E-state index contributed by atoms with van der Waals surface area (Å²) in [4.78, 5) is 27.6. The Bertz CT molecular complexity index is 829. The van der Waals surface area contributed by atoms with Crippen LogP contribution in [0.4, 0.5) is 11.4 Å². The SMILES string of the molecule is CCCCC(=O)Nc1ccc(N2CCCC2)c(C(=O)N[C@@H](C)c2ccccc2)c1. The molecule has 1 saturated heterocycles. The molecular weight excluding hydrogens is 362 g/mol. The first kappa shape index (κ1) is 20.9. The van der Waals surface area contributed by atoms with E-state index in [1.807, 2.05) is 55.5 Å².